The Labute approximate surface area is 200 Å². The molecule has 2 aromatic heterocycles. The van der Waals surface area contributed by atoms with Crippen LogP contribution in [0.1, 0.15) is 42.5 Å². The van der Waals surface area contributed by atoms with Crippen LogP contribution in [0.2, 0.25) is 0 Å². The van der Waals surface area contributed by atoms with Gasteiger partial charge in [0.15, 0.2) is 0 Å². The van der Waals surface area contributed by atoms with Gasteiger partial charge >= 0.3 is 5.97 Å². The number of aromatic nitrogens is 2. The molecular formula is C29H28N2O3. The van der Waals surface area contributed by atoms with Gasteiger partial charge < -0.3 is 13.7 Å². The van der Waals surface area contributed by atoms with Crippen LogP contribution in [0.25, 0.3) is 22.7 Å². The lowest BCUT2D eigenvalue weighted by Gasteiger charge is -2.12. The monoisotopic (exact) mass is 452 g/mol. The number of benzene rings is 2. The zero-order valence-electron chi connectivity index (χ0n) is 19.6. The lowest BCUT2D eigenvalue weighted by Crippen LogP contribution is -2.05. The fraction of sp³-hybridized carbons (Fsp3) is 0.241. The molecule has 4 rings (SSSR count). The first-order valence-corrected chi connectivity index (χ1v) is 11.5. The highest BCUT2D eigenvalue weighted by Gasteiger charge is 2.12. The predicted molar refractivity (Wildman–Crippen MR) is 133 cm³/mol. The van der Waals surface area contributed by atoms with Crippen LogP contribution in [0.3, 0.4) is 0 Å². The summed E-state index contributed by atoms with van der Waals surface area (Å²) in [6.45, 7) is 2.76. The number of unbranched alkanes of at least 4 members (excludes halogenated alkanes) is 2. The molecule has 5 heteroatoms. The fourth-order valence-electron chi connectivity index (χ4n) is 3.81. The van der Waals surface area contributed by atoms with Crippen LogP contribution in [0.15, 0.2) is 77.5 Å². The Morgan fingerprint density at radius 3 is 2.59 bits per heavy atom. The quantitative estimate of drug-likeness (QED) is 0.180. The van der Waals surface area contributed by atoms with Crippen LogP contribution in [0.5, 0.6) is 0 Å². The van der Waals surface area contributed by atoms with Crippen LogP contribution in [-0.4, -0.2) is 22.6 Å². The van der Waals surface area contributed by atoms with Crippen molar-refractivity contribution >= 4 is 5.97 Å². The molecule has 0 spiro atoms. The van der Waals surface area contributed by atoms with Gasteiger partial charge in [0, 0.05) is 41.4 Å². The van der Waals surface area contributed by atoms with Crippen LogP contribution >= 0.6 is 0 Å². The molecule has 0 aliphatic heterocycles. The largest absolute Gasteiger partial charge is 0.469 e. The van der Waals surface area contributed by atoms with Crippen LogP contribution < -0.4 is 0 Å². The molecule has 0 aliphatic rings. The second-order valence-corrected chi connectivity index (χ2v) is 8.11. The lowest BCUT2D eigenvalue weighted by molar-refractivity contribution is -0.140. The Kier molecular flexibility index (Phi) is 7.62. The topological polar surface area (TPSA) is 57.3 Å². The van der Waals surface area contributed by atoms with E-state index in [1.165, 1.54) is 7.11 Å². The van der Waals surface area contributed by atoms with Crippen molar-refractivity contribution in [3.05, 3.63) is 89.9 Å². The van der Waals surface area contributed by atoms with E-state index in [9.17, 15) is 4.79 Å². The number of methoxy groups -OCH3 is 1. The third kappa shape index (κ3) is 5.65. The molecule has 0 radical (unpaired) electrons. The van der Waals surface area contributed by atoms with Crippen molar-refractivity contribution in [1.82, 2.24) is 9.55 Å². The molecule has 0 fully saturated rings. The van der Waals surface area contributed by atoms with Gasteiger partial charge in [-0.2, -0.15) is 0 Å². The van der Waals surface area contributed by atoms with E-state index >= 15 is 0 Å². The number of hydrogen-bond donors (Lipinski definition) is 0. The van der Waals surface area contributed by atoms with Gasteiger partial charge in [-0.1, -0.05) is 54.3 Å². The number of carbonyl (C=O) groups excluding carboxylic acids is 1. The Balaban J connectivity index is 1.49. The Hall–Kier alpha value is -4.04. The summed E-state index contributed by atoms with van der Waals surface area (Å²) in [5.74, 6) is 8.19. The molecule has 172 valence electrons. The first-order valence-electron chi connectivity index (χ1n) is 11.5. The van der Waals surface area contributed by atoms with E-state index < -0.39 is 0 Å². The van der Waals surface area contributed by atoms with Gasteiger partial charge in [-0.15, -0.1) is 0 Å². The van der Waals surface area contributed by atoms with E-state index in [4.69, 9.17) is 4.42 Å². The van der Waals surface area contributed by atoms with Crippen LogP contribution in [0.4, 0.5) is 0 Å². The molecule has 0 atom stereocenters. The Bertz CT molecular complexity index is 1290. The van der Waals surface area contributed by atoms with Crippen LogP contribution in [0, 0.1) is 18.8 Å². The van der Waals surface area contributed by atoms with E-state index in [1.54, 1.807) is 6.26 Å². The molecule has 2 aromatic carbocycles. The van der Waals surface area contributed by atoms with E-state index in [2.05, 4.69) is 69.5 Å². The molecule has 0 saturated heterocycles. The maximum Gasteiger partial charge on any atom is 0.305 e. The summed E-state index contributed by atoms with van der Waals surface area (Å²) in [6, 6.07) is 20.3. The summed E-state index contributed by atoms with van der Waals surface area (Å²) in [4.78, 5) is 15.9. The van der Waals surface area contributed by atoms with Crippen molar-refractivity contribution in [3.8, 4) is 34.6 Å². The average Bonchev–Trinajstić information content (AvgIpc) is 3.53. The summed E-state index contributed by atoms with van der Waals surface area (Å²) in [7, 11) is 1.42. The second-order valence-electron chi connectivity index (χ2n) is 8.11. The third-order valence-corrected chi connectivity index (χ3v) is 5.73. The van der Waals surface area contributed by atoms with E-state index in [1.807, 2.05) is 30.5 Å². The third-order valence-electron chi connectivity index (χ3n) is 5.73. The lowest BCUT2D eigenvalue weighted by atomic mass is 10.1. The fourth-order valence-corrected chi connectivity index (χ4v) is 3.81. The Morgan fingerprint density at radius 2 is 1.82 bits per heavy atom. The van der Waals surface area contributed by atoms with Crippen molar-refractivity contribution < 1.29 is 13.9 Å². The summed E-state index contributed by atoms with van der Waals surface area (Å²) in [5, 5.41) is 0. The van der Waals surface area contributed by atoms with Crippen molar-refractivity contribution in [2.45, 2.75) is 39.2 Å². The zero-order valence-corrected chi connectivity index (χ0v) is 19.6. The standard InChI is InChI=1S/C29H28N2O3/c1-22-20-30-29(25-17-15-24(16-18-25)27-13-9-19-34-27)31(22)21-26-12-8-7-11-23(26)10-5-3-4-6-14-28(32)33-2/h7-9,11-13,15-20H,3-4,6,14,21H2,1-2H3. The molecule has 0 amide bonds. The van der Waals surface area contributed by atoms with Gasteiger partial charge in [0.25, 0.3) is 0 Å². The smallest absolute Gasteiger partial charge is 0.305 e. The molecule has 0 unspecified atom stereocenters. The normalized spacial score (nSPS) is 10.5. The number of esters is 1. The minimum atomic E-state index is -0.166. The number of nitrogens with zero attached hydrogens (tertiary/aromatic N) is 2. The van der Waals surface area contributed by atoms with E-state index in [-0.39, 0.29) is 5.97 Å². The van der Waals surface area contributed by atoms with Crippen molar-refractivity contribution in [3.63, 3.8) is 0 Å². The van der Waals surface area contributed by atoms with Gasteiger partial charge in [0.1, 0.15) is 11.6 Å². The number of imidazole rings is 1. The van der Waals surface area contributed by atoms with Gasteiger partial charge in [0.05, 0.1) is 19.9 Å². The van der Waals surface area contributed by atoms with Crippen molar-refractivity contribution in [1.29, 1.82) is 0 Å². The number of hydrogen-bond acceptors (Lipinski definition) is 4. The molecule has 0 saturated carbocycles. The summed E-state index contributed by atoms with van der Waals surface area (Å²) < 4.78 is 12.4. The predicted octanol–water partition coefficient (Wildman–Crippen LogP) is 6.25. The van der Waals surface area contributed by atoms with Gasteiger partial charge in [-0.05, 0) is 43.5 Å². The van der Waals surface area contributed by atoms with E-state index in [0.29, 0.717) is 13.0 Å². The Morgan fingerprint density at radius 1 is 1.03 bits per heavy atom. The molecule has 4 aromatic rings. The average molecular weight is 453 g/mol. The molecule has 2 heterocycles. The molecule has 0 N–H and O–H groups in total. The number of ether oxygens (including phenoxy) is 1. The molecule has 5 nitrogen and oxygen atoms in total. The summed E-state index contributed by atoms with van der Waals surface area (Å²) >= 11 is 0. The van der Waals surface area contributed by atoms with Crippen molar-refractivity contribution in [2.75, 3.05) is 7.11 Å². The maximum absolute atomic E-state index is 11.2. The van der Waals surface area contributed by atoms with E-state index in [0.717, 1.165) is 58.8 Å². The first-order chi connectivity index (χ1) is 16.7. The molecular weight excluding hydrogens is 424 g/mol. The molecule has 0 bridgehead atoms. The molecule has 0 aliphatic carbocycles. The van der Waals surface area contributed by atoms with Gasteiger partial charge in [0.2, 0.25) is 0 Å². The van der Waals surface area contributed by atoms with Crippen LogP contribution in [-0.2, 0) is 16.1 Å². The highest BCUT2D eigenvalue weighted by molar-refractivity contribution is 5.69. The van der Waals surface area contributed by atoms with Crippen molar-refractivity contribution in [2.24, 2.45) is 0 Å². The summed E-state index contributed by atoms with van der Waals surface area (Å²) in [6.07, 6.45) is 6.46. The first kappa shape index (κ1) is 23.1. The highest BCUT2D eigenvalue weighted by atomic mass is 16.5. The maximum atomic E-state index is 11.2. The minimum absolute atomic E-state index is 0.166. The number of furan rings is 1. The zero-order chi connectivity index (χ0) is 23.8. The summed E-state index contributed by atoms with van der Waals surface area (Å²) in [5.41, 5.74) is 5.35. The molecule has 34 heavy (non-hydrogen) atoms. The highest BCUT2D eigenvalue weighted by Crippen LogP contribution is 2.26. The number of carbonyl (C=O) groups is 1. The minimum Gasteiger partial charge on any atom is -0.469 e. The SMILES string of the molecule is COC(=O)CCCCC#Cc1ccccc1Cn1c(C)cnc1-c1ccc(-c2ccco2)cc1. The van der Waals surface area contributed by atoms with Gasteiger partial charge in [-0.3, -0.25) is 4.79 Å². The number of aryl methyl sites for hydroxylation is 1. The number of rotatable bonds is 8. The second kappa shape index (κ2) is 11.2. The van der Waals surface area contributed by atoms with Gasteiger partial charge in [-0.25, -0.2) is 4.98 Å².